The van der Waals surface area contributed by atoms with Crippen LogP contribution in [0.15, 0.2) is 170 Å². The summed E-state index contributed by atoms with van der Waals surface area (Å²) in [6.07, 6.45) is 0. The van der Waals surface area contributed by atoms with Gasteiger partial charge in [0, 0.05) is 0 Å². The topological polar surface area (TPSA) is 0 Å². The zero-order valence-corrected chi connectivity index (χ0v) is 25.2. The first-order valence-electron chi connectivity index (χ1n) is 16.0. The number of hydrogen-bond donors (Lipinski definition) is 0. The van der Waals surface area contributed by atoms with Crippen molar-refractivity contribution in [1.82, 2.24) is 0 Å². The SMILES string of the molecule is c1ccc2cc(-c3ccc4ccc(-c5ccc6c(c5)c5ccccc5c5c7ccccc7c7ccccc7c65)cc4c3)ccc2c1. The van der Waals surface area contributed by atoms with E-state index in [2.05, 4.69) is 170 Å². The van der Waals surface area contributed by atoms with E-state index >= 15 is 0 Å². The average molecular weight is 581 g/mol. The first kappa shape index (κ1) is 25.4. The minimum atomic E-state index is 1.23. The molecule has 0 heterocycles. The van der Waals surface area contributed by atoms with Crippen LogP contribution in [0, 0.1) is 0 Å². The van der Waals surface area contributed by atoms with Crippen molar-refractivity contribution >= 4 is 75.4 Å². The van der Waals surface area contributed by atoms with E-state index in [1.54, 1.807) is 0 Å². The number of rotatable bonds is 2. The highest BCUT2D eigenvalue weighted by atomic mass is 14.2. The summed E-state index contributed by atoms with van der Waals surface area (Å²) in [5, 5.41) is 18.2. The second-order valence-corrected chi connectivity index (χ2v) is 12.5. The zero-order valence-electron chi connectivity index (χ0n) is 25.2. The molecule has 0 aliphatic rings. The van der Waals surface area contributed by atoms with Crippen molar-refractivity contribution in [2.45, 2.75) is 0 Å². The van der Waals surface area contributed by atoms with Gasteiger partial charge in [-0.3, -0.25) is 0 Å². The fourth-order valence-electron chi connectivity index (χ4n) is 7.78. The molecular weight excluding hydrogens is 553 g/mol. The molecule has 212 valence electrons. The molecule has 10 aromatic carbocycles. The Hall–Kier alpha value is -5.98. The maximum atomic E-state index is 2.41. The molecule has 0 heteroatoms. The Bertz CT molecular complexity index is 2850. The number of fused-ring (bicyclic) bond motifs is 13. The molecule has 0 spiro atoms. The summed E-state index contributed by atoms with van der Waals surface area (Å²) in [6.45, 7) is 0. The number of hydrogen-bond acceptors (Lipinski definition) is 0. The fraction of sp³-hybridized carbons (Fsp3) is 0. The standard InChI is InChI=1S/C46H28/c1-2-10-31-25-32(20-17-29(31)9-1)33-21-18-30-19-22-34(27-36(30)26-33)35-23-24-43-44(28-35)39-13-5-8-16-42(39)45-40-14-6-3-11-37(40)38-12-4-7-15-41(38)46(43)45/h1-28H. The summed E-state index contributed by atoms with van der Waals surface area (Å²) in [5.74, 6) is 0. The van der Waals surface area contributed by atoms with Gasteiger partial charge in [-0.15, -0.1) is 0 Å². The lowest BCUT2D eigenvalue weighted by Gasteiger charge is -2.17. The molecule has 10 aromatic rings. The van der Waals surface area contributed by atoms with Crippen molar-refractivity contribution in [2.24, 2.45) is 0 Å². The third-order valence-electron chi connectivity index (χ3n) is 9.96. The Morgan fingerprint density at radius 3 is 1.09 bits per heavy atom. The Labute approximate surface area is 266 Å². The van der Waals surface area contributed by atoms with Crippen LogP contribution < -0.4 is 0 Å². The van der Waals surface area contributed by atoms with Gasteiger partial charge in [0.25, 0.3) is 0 Å². The quantitative estimate of drug-likeness (QED) is 0.178. The van der Waals surface area contributed by atoms with Crippen LogP contribution >= 0.6 is 0 Å². The molecule has 0 saturated carbocycles. The van der Waals surface area contributed by atoms with Gasteiger partial charge in [0.1, 0.15) is 0 Å². The van der Waals surface area contributed by atoms with Crippen molar-refractivity contribution in [3.63, 3.8) is 0 Å². The summed E-state index contributed by atoms with van der Waals surface area (Å²) < 4.78 is 0. The third kappa shape index (κ3) is 3.74. The third-order valence-corrected chi connectivity index (χ3v) is 9.96. The molecule has 0 nitrogen and oxygen atoms in total. The maximum Gasteiger partial charge on any atom is -0.00139 e. The normalized spacial score (nSPS) is 11.9. The van der Waals surface area contributed by atoms with Gasteiger partial charge < -0.3 is 0 Å². The van der Waals surface area contributed by atoms with Gasteiger partial charge in [0.2, 0.25) is 0 Å². The predicted octanol–water partition coefficient (Wildman–Crippen LogP) is 13.1. The van der Waals surface area contributed by atoms with Crippen LogP contribution in [0.4, 0.5) is 0 Å². The van der Waals surface area contributed by atoms with Gasteiger partial charge in [-0.2, -0.15) is 0 Å². The van der Waals surface area contributed by atoms with Crippen LogP contribution in [0.2, 0.25) is 0 Å². The second-order valence-electron chi connectivity index (χ2n) is 12.5. The summed E-state index contributed by atoms with van der Waals surface area (Å²) in [5.41, 5.74) is 4.96. The highest BCUT2D eigenvalue weighted by Crippen LogP contribution is 2.44. The molecule has 0 aliphatic carbocycles. The van der Waals surface area contributed by atoms with Crippen LogP contribution in [0.25, 0.3) is 97.7 Å². The molecule has 0 aliphatic heterocycles. The van der Waals surface area contributed by atoms with Crippen molar-refractivity contribution in [1.29, 1.82) is 0 Å². The Morgan fingerprint density at radius 1 is 0.196 bits per heavy atom. The molecular formula is C46H28. The monoisotopic (exact) mass is 580 g/mol. The van der Waals surface area contributed by atoms with E-state index in [9.17, 15) is 0 Å². The van der Waals surface area contributed by atoms with E-state index in [4.69, 9.17) is 0 Å². The second kappa shape index (κ2) is 9.76. The molecule has 0 amide bonds. The smallest absolute Gasteiger partial charge is 0.00139 e. The van der Waals surface area contributed by atoms with E-state index in [-0.39, 0.29) is 0 Å². The molecule has 0 aromatic heterocycles. The average Bonchev–Trinajstić information content (AvgIpc) is 3.13. The summed E-state index contributed by atoms with van der Waals surface area (Å²) in [4.78, 5) is 0. The maximum absolute atomic E-state index is 2.41. The molecule has 0 N–H and O–H groups in total. The molecule has 0 saturated heterocycles. The van der Waals surface area contributed by atoms with E-state index in [0.29, 0.717) is 0 Å². The number of benzene rings is 10. The van der Waals surface area contributed by atoms with Gasteiger partial charge >= 0.3 is 0 Å². The van der Waals surface area contributed by atoms with Crippen molar-refractivity contribution < 1.29 is 0 Å². The first-order chi connectivity index (χ1) is 22.8. The van der Waals surface area contributed by atoms with Crippen LogP contribution in [0.3, 0.4) is 0 Å². The Balaban J connectivity index is 1.21. The lowest BCUT2D eigenvalue weighted by atomic mass is 9.86. The highest BCUT2D eigenvalue weighted by molar-refractivity contribution is 6.39. The van der Waals surface area contributed by atoms with E-state index in [0.717, 1.165) is 0 Å². The van der Waals surface area contributed by atoms with Gasteiger partial charge in [-0.25, -0.2) is 0 Å². The molecule has 0 fully saturated rings. The van der Waals surface area contributed by atoms with Gasteiger partial charge in [-0.1, -0.05) is 146 Å². The highest BCUT2D eigenvalue weighted by Gasteiger charge is 2.16. The Kier molecular flexibility index (Phi) is 5.38. The molecule has 0 atom stereocenters. The van der Waals surface area contributed by atoms with Gasteiger partial charge in [0.05, 0.1) is 0 Å². The minimum Gasteiger partial charge on any atom is -0.0616 e. The lowest BCUT2D eigenvalue weighted by molar-refractivity contribution is 1.66. The van der Waals surface area contributed by atoms with Crippen LogP contribution in [0.5, 0.6) is 0 Å². The van der Waals surface area contributed by atoms with Crippen LogP contribution in [0.1, 0.15) is 0 Å². The largest absolute Gasteiger partial charge is 0.0616 e. The minimum absolute atomic E-state index is 1.23. The summed E-state index contributed by atoms with van der Waals surface area (Å²) >= 11 is 0. The first-order valence-corrected chi connectivity index (χ1v) is 16.0. The fourth-order valence-corrected chi connectivity index (χ4v) is 7.78. The Morgan fingerprint density at radius 2 is 0.543 bits per heavy atom. The van der Waals surface area contributed by atoms with E-state index < -0.39 is 0 Å². The van der Waals surface area contributed by atoms with Crippen molar-refractivity contribution in [3.8, 4) is 22.3 Å². The van der Waals surface area contributed by atoms with Crippen molar-refractivity contribution in [2.75, 3.05) is 0 Å². The molecule has 0 unspecified atom stereocenters. The zero-order chi connectivity index (χ0) is 30.2. The molecule has 46 heavy (non-hydrogen) atoms. The van der Waals surface area contributed by atoms with Gasteiger partial charge in [0.15, 0.2) is 0 Å². The van der Waals surface area contributed by atoms with Crippen LogP contribution in [-0.4, -0.2) is 0 Å². The van der Waals surface area contributed by atoms with E-state index in [1.807, 2.05) is 0 Å². The molecule has 0 bridgehead atoms. The summed E-state index contributed by atoms with van der Waals surface area (Å²) in [7, 11) is 0. The molecule has 0 radical (unpaired) electrons. The van der Waals surface area contributed by atoms with Crippen LogP contribution in [-0.2, 0) is 0 Å². The summed E-state index contributed by atoms with van der Waals surface area (Å²) in [6, 6.07) is 62.9. The van der Waals surface area contributed by atoms with Gasteiger partial charge in [-0.05, 0) is 122 Å². The van der Waals surface area contributed by atoms with E-state index in [1.165, 1.54) is 97.7 Å². The molecule has 10 rings (SSSR count). The van der Waals surface area contributed by atoms with Crippen molar-refractivity contribution in [3.05, 3.63) is 170 Å². The predicted molar refractivity (Wildman–Crippen MR) is 200 cm³/mol. The lowest BCUT2D eigenvalue weighted by Crippen LogP contribution is -1.89.